The van der Waals surface area contributed by atoms with Crippen molar-refractivity contribution >= 4 is 28.4 Å². The Kier molecular flexibility index (Phi) is 3.50. The lowest BCUT2D eigenvalue weighted by molar-refractivity contribution is 0.995. The molecule has 0 saturated carbocycles. The lowest BCUT2D eigenvalue weighted by Crippen LogP contribution is -2.02. The maximum absolute atomic E-state index is 4.04. The first-order chi connectivity index (χ1) is 7.42. The Labute approximate surface area is 93.6 Å². The molecule has 4 heteroatoms. The SMILES string of the molecule is CSCCCNc1cccc2[nH]ncc12. The zero-order chi connectivity index (χ0) is 10.5. The van der Waals surface area contributed by atoms with Crippen LogP contribution in [0.2, 0.25) is 0 Å². The maximum Gasteiger partial charge on any atom is 0.0671 e. The fraction of sp³-hybridized carbons (Fsp3) is 0.364. The third kappa shape index (κ3) is 2.45. The first-order valence-electron chi connectivity index (χ1n) is 5.06. The van der Waals surface area contributed by atoms with Gasteiger partial charge in [-0.25, -0.2) is 0 Å². The molecule has 2 rings (SSSR count). The molecule has 15 heavy (non-hydrogen) atoms. The second-order valence-electron chi connectivity index (χ2n) is 3.41. The number of anilines is 1. The number of benzene rings is 1. The van der Waals surface area contributed by atoms with Crippen molar-refractivity contribution in [1.29, 1.82) is 0 Å². The molecule has 2 aromatic rings. The monoisotopic (exact) mass is 221 g/mol. The van der Waals surface area contributed by atoms with Gasteiger partial charge in [0.05, 0.1) is 11.7 Å². The summed E-state index contributed by atoms with van der Waals surface area (Å²) in [5.41, 5.74) is 2.26. The minimum atomic E-state index is 1.02. The summed E-state index contributed by atoms with van der Waals surface area (Å²) < 4.78 is 0. The number of hydrogen-bond acceptors (Lipinski definition) is 3. The van der Waals surface area contributed by atoms with Crippen molar-refractivity contribution in [3.05, 3.63) is 24.4 Å². The van der Waals surface area contributed by atoms with Gasteiger partial charge in [-0.05, 0) is 30.6 Å². The molecule has 0 bridgehead atoms. The standard InChI is InChI=1S/C11H15N3S/c1-15-7-3-6-12-10-4-2-5-11-9(10)8-13-14-11/h2,4-5,8,12H,3,6-7H2,1H3,(H,13,14). The summed E-state index contributed by atoms with van der Waals surface area (Å²) in [6, 6.07) is 6.17. The van der Waals surface area contributed by atoms with E-state index in [4.69, 9.17) is 0 Å². The molecular weight excluding hydrogens is 206 g/mol. The van der Waals surface area contributed by atoms with Gasteiger partial charge in [0.2, 0.25) is 0 Å². The Morgan fingerprint density at radius 1 is 1.47 bits per heavy atom. The summed E-state index contributed by atoms with van der Waals surface area (Å²) in [5.74, 6) is 1.20. The van der Waals surface area contributed by atoms with Gasteiger partial charge >= 0.3 is 0 Å². The molecular formula is C11H15N3S. The van der Waals surface area contributed by atoms with Crippen molar-refractivity contribution in [1.82, 2.24) is 10.2 Å². The summed E-state index contributed by atoms with van der Waals surface area (Å²) in [5, 5.41) is 11.6. The van der Waals surface area contributed by atoms with Crippen LogP contribution in [0.25, 0.3) is 10.9 Å². The number of thioether (sulfide) groups is 1. The van der Waals surface area contributed by atoms with Crippen molar-refractivity contribution in [3.63, 3.8) is 0 Å². The maximum atomic E-state index is 4.04. The Hall–Kier alpha value is -1.16. The molecule has 1 aromatic carbocycles. The van der Waals surface area contributed by atoms with Gasteiger partial charge in [-0.2, -0.15) is 16.9 Å². The molecule has 0 aliphatic heterocycles. The molecule has 1 heterocycles. The van der Waals surface area contributed by atoms with Crippen molar-refractivity contribution in [2.45, 2.75) is 6.42 Å². The Morgan fingerprint density at radius 3 is 3.27 bits per heavy atom. The molecule has 0 atom stereocenters. The van der Waals surface area contributed by atoms with Crippen molar-refractivity contribution in [2.75, 3.05) is 23.9 Å². The fourth-order valence-corrected chi connectivity index (χ4v) is 1.99. The normalized spacial score (nSPS) is 10.7. The molecule has 0 unspecified atom stereocenters. The molecule has 0 saturated heterocycles. The quantitative estimate of drug-likeness (QED) is 0.763. The average molecular weight is 221 g/mol. The van der Waals surface area contributed by atoms with Gasteiger partial charge in [-0.15, -0.1) is 0 Å². The second-order valence-corrected chi connectivity index (χ2v) is 4.40. The highest BCUT2D eigenvalue weighted by Gasteiger charge is 2.00. The van der Waals surface area contributed by atoms with E-state index >= 15 is 0 Å². The van der Waals surface area contributed by atoms with Crippen molar-refractivity contribution in [3.8, 4) is 0 Å². The number of fused-ring (bicyclic) bond motifs is 1. The van der Waals surface area contributed by atoms with Crippen LogP contribution in [-0.2, 0) is 0 Å². The van der Waals surface area contributed by atoms with Crippen LogP contribution in [0.15, 0.2) is 24.4 Å². The number of aromatic nitrogens is 2. The summed E-state index contributed by atoms with van der Waals surface area (Å²) in [7, 11) is 0. The molecule has 0 aliphatic carbocycles. The molecule has 2 N–H and O–H groups in total. The van der Waals surface area contributed by atoms with Gasteiger partial charge in [-0.1, -0.05) is 6.07 Å². The van der Waals surface area contributed by atoms with Gasteiger partial charge in [0, 0.05) is 17.6 Å². The van der Waals surface area contributed by atoms with Crippen LogP contribution in [0.4, 0.5) is 5.69 Å². The van der Waals surface area contributed by atoms with E-state index in [1.807, 2.05) is 30.1 Å². The highest BCUT2D eigenvalue weighted by atomic mass is 32.2. The van der Waals surface area contributed by atoms with Gasteiger partial charge in [-0.3, -0.25) is 5.10 Å². The van der Waals surface area contributed by atoms with Gasteiger partial charge < -0.3 is 5.32 Å². The first-order valence-corrected chi connectivity index (χ1v) is 6.46. The Morgan fingerprint density at radius 2 is 2.40 bits per heavy atom. The molecule has 0 spiro atoms. The minimum absolute atomic E-state index is 1.02. The average Bonchev–Trinajstić information content (AvgIpc) is 2.73. The van der Waals surface area contributed by atoms with E-state index in [-0.39, 0.29) is 0 Å². The van der Waals surface area contributed by atoms with Crippen LogP contribution in [-0.4, -0.2) is 28.8 Å². The summed E-state index contributed by atoms with van der Waals surface area (Å²) in [4.78, 5) is 0. The fourth-order valence-electron chi connectivity index (χ4n) is 1.56. The van der Waals surface area contributed by atoms with E-state index in [2.05, 4.69) is 27.8 Å². The van der Waals surface area contributed by atoms with Crippen molar-refractivity contribution < 1.29 is 0 Å². The third-order valence-corrected chi connectivity index (χ3v) is 3.02. The summed E-state index contributed by atoms with van der Waals surface area (Å²) in [6.07, 6.45) is 5.19. The minimum Gasteiger partial charge on any atom is -0.384 e. The topological polar surface area (TPSA) is 40.7 Å². The number of nitrogens with zero attached hydrogens (tertiary/aromatic N) is 1. The lowest BCUT2D eigenvalue weighted by atomic mass is 10.2. The van der Waals surface area contributed by atoms with Crippen LogP contribution in [0.3, 0.4) is 0 Å². The number of rotatable bonds is 5. The first kappa shape index (κ1) is 10.4. The van der Waals surface area contributed by atoms with Gasteiger partial charge in [0.15, 0.2) is 0 Å². The van der Waals surface area contributed by atoms with Gasteiger partial charge in [0.25, 0.3) is 0 Å². The van der Waals surface area contributed by atoms with E-state index in [9.17, 15) is 0 Å². The molecule has 3 nitrogen and oxygen atoms in total. The second kappa shape index (κ2) is 5.07. The molecule has 0 radical (unpaired) electrons. The van der Waals surface area contributed by atoms with Crippen LogP contribution >= 0.6 is 11.8 Å². The van der Waals surface area contributed by atoms with Crippen LogP contribution in [0, 0.1) is 0 Å². The highest BCUT2D eigenvalue weighted by Crippen LogP contribution is 2.20. The van der Waals surface area contributed by atoms with Crippen molar-refractivity contribution in [2.24, 2.45) is 0 Å². The Bertz CT molecular complexity index is 424. The van der Waals surface area contributed by atoms with E-state index in [0.717, 1.165) is 12.1 Å². The smallest absolute Gasteiger partial charge is 0.0671 e. The van der Waals surface area contributed by atoms with Gasteiger partial charge in [0.1, 0.15) is 0 Å². The molecule has 80 valence electrons. The van der Waals surface area contributed by atoms with Crippen LogP contribution in [0.5, 0.6) is 0 Å². The lowest BCUT2D eigenvalue weighted by Gasteiger charge is -2.06. The van der Waals surface area contributed by atoms with E-state index in [1.54, 1.807) is 0 Å². The number of H-pyrrole nitrogens is 1. The summed E-state index contributed by atoms with van der Waals surface area (Å²) >= 11 is 1.88. The zero-order valence-electron chi connectivity index (χ0n) is 8.79. The predicted molar refractivity (Wildman–Crippen MR) is 67.6 cm³/mol. The summed E-state index contributed by atoms with van der Waals surface area (Å²) in [6.45, 7) is 1.02. The van der Waals surface area contributed by atoms with E-state index in [0.29, 0.717) is 0 Å². The largest absolute Gasteiger partial charge is 0.384 e. The number of aromatic amines is 1. The predicted octanol–water partition coefficient (Wildman–Crippen LogP) is 2.73. The number of hydrogen-bond donors (Lipinski definition) is 2. The molecule has 0 amide bonds. The van der Waals surface area contributed by atoms with E-state index in [1.165, 1.54) is 23.2 Å². The molecule has 0 fully saturated rings. The zero-order valence-corrected chi connectivity index (χ0v) is 9.60. The van der Waals surface area contributed by atoms with E-state index < -0.39 is 0 Å². The highest BCUT2D eigenvalue weighted by molar-refractivity contribution is 7.98. The third-order valence-electron chi connectivity index (χ3n) is 2.33. The Balaban J connectivity index is 2.04. The van der Waals surface area contributed by atoms with Crippen LogP contribution in [0.1, 0.15) is 6.42 Å². The molecule has 0 aliphatic rings. The molecule has 1 aromatic heterocycles. The van der Waals surface area contributed by atoms with Crippen LogP contribution < -0.4 is 5.32 Å². The number of nitrogens with one attached hydrogen (secondary N) is 2.